The first kappa shape index (κ1) is 28.0. The Morgan fingerprint density at radius 3 is 2.11 bits per heavy atom. The molecule has 0 unspecified atom stereocenters. The third-order valence-corrected chi connectivity index (χ3v) is 5.51. The Morgan fingerprint density at radius 2 is 1.57 bits per heavy atom. The van der Waals surface area contributed by atoms with E-state index in [4.69, 9.17) is 18.9 Å². The monoisotopic (exact) mass is 485 g/mol. The minimum absolute atomic E-state index is 0.0699. The lowest BCUT2D eigenvalue weighted by molar-refractivity contribution is -0.156. The van der Waals surface area contributed by atoms with Gasteiger partial charge in [-0.3, -0.25) is 0 Å². The van der Waals surface area contributed by atoms with E-state index in [1.54, 1.807) is 34.8 Å². The highest BCUT2D eigenvalue weighted by Gasteiger charge is 2.32. The number of ether oxygens (including phenoxy) is 4. The largest absolute Gasteiger partial charge is 0.497 e. The molecule has 0 aliphatic rings. The molecule has 2 aromatic rings. The zero-order chi connectivity index (χ0) is 26.0. The number of carbonyl (C=O) groups excluding carboxylic acids is 2. The Balaban J connectivity index is 2.15. The molecule has 0 aliphatic heterocycles. The van der Waals surface area contributed by atoms with Crippen molar-refractivity contribution in [2.24, 2.45) is 5.92 Å². The number of esters is 1. The Bertz CT molecular complexity index is 923. The number of benzene rings is 2. The SMILES string of the molecule is CC[C@H](Cc1ccc(OC)cc1)[C@@H](Oc1ccccc1)[C@H](C)OC(=O)[C@H](C)NC(=O)OC(C)(C)C. The molecule has 2 aromatic carbocycles. The molecule has 35 heavy (non-hydrogen) atoms. The summed E-state index contributed by atoms with van der Waals surface area (Å²) < 4.78 is 22.6. The van der Waals surface area contributed by atoms with E-state index >= 15 is 0 Å². The zero-order valence-electron chi connectivity index (χ0n) is 21.9. The van der Waals surface area contributed by atoms with E-state index in [1.165, 1.54) is 0 Å². The van der Waals surface area contributed by atoms with E-state index in [2.05, 4.69) is 12.2 Å². The van der Waals surface area contributed by atoms with E-state index in [-0.39, 0.29) is 5.92 Å². The summed E-state index contributed by atoms with van der Waals surface area (Å²) in [7, 11) is 1.64. The quantitative estimate of drug-likeness (QED) is 0.420. The molecule has 4 atom stereocenters. The van der Waals surface area contributed by atoms with Gasteiger partial charge in [0.1, 0.15) is 35.3 Å². The molecule has 1 N–H and O–H groups in total. The Hall–Kier alpha value is -3.22. The van der Waals surface area contributed by atoms with Crippen LogP contribution >= 0.6 is 0 Å². The second kappa shape index (κ2) is 13.0. The fourth-order valence-corrected chi connectivity index (χ4v) is 3.68. The molecule has 0 saturated heterocycles. The molecule has 1 amide bonds. The third-order valence-electron chi connectivity index (χ3n) is 5.51. The number of carbonyl (C=O) groups is 2. The maximum absolute atomic E-state index is 12.8. The second-order valence-electron chi connectivity index (χ2n) is 9.63. The van der Waals surface area contributed by atoms with E-state index in [9.17, 15) is 9.59 Å². The lowest BCUT2D eigenvalue weighted by Crippen LogP contribution is -2.46. The molecule has 0 aliphatic carbocycles. The predicted octanol–water partition coefficient (Wildman–Crippen LogP) is 5.56. The molecule has 0 aromatic heterocycles. The Labute approximate surface area is 209 Å². The van der Waals surface area contributed by atoms with Gasteiger partial charge in [0.25, 0.3) is 0 Å². The highest BCUT2D eigenvalue weighted by molar-refractivity contribution is 5.81. The van der Waals surface area contributed by atoms with Crippen molar-refractivity contribution >= 4 is 12.1 Å². The first-order valence-electron chi connectivity index (χ1n) is 12.1. The summed E-state index contributed by atoms with van der Waals surface area (Å²) in [5.41, 5.74) is 0.476. The summed E-state index contributed by atoms with van der Waals surface area (Å²) in [6.45, 7) is 10.8. The van der Waals surface area contributed by atoms with Gasteiger partial charge in [0, 0.05) is 5.92 Å². The molecule has 0 saturated carbocycles. The van der Waals surface area contributed by atoms with Gasteiger partial charge in [0.05, 0.1) is 7.11 Å². The summed E-state index contributed by atoms with van der Waals surface area (Å²) in [5, 5.41) is 2.54. The number of rotatable bonds is 11. The van der Waals surface area contributed by atoms with Gasteiger partial charge in [0.2, 0.25) is 0 Å². The predicted molar refractivity (Wildman–Crippen MR) is 136 cm³/mol. The van der Waals surface area contributed by atoms with Gasteiger partial charge in [-0.2, -0.15) is 0 Å². The van der Waals surface area contributed by atoms with Crippen LogP contribution in [0, 0.1) is 5.92 Å². The molecule has 0 spiro atoms. The number of alkyl carbamates (subject to hydrolysis) is 1. The highest BCUT2D eigenvalue weighted by atomic mass is 16.6. The summed E-state index contributed by atoms with van der Waals surface area (Å²) in [5.74, 6) is 1.02. The van der Waals surface area contributed by atoms with Crippen LogP contribution in [0.2, 0.25) is 0 Å². The van der Waals surface area contributed by atoms with Crippen molar-refractivity contribution in [3.05, 3.63) is 60.2 Å². The van der Waals surface area contributed by atoms with Crippen molar-refractivity contribution in [1.82, 2.24) is 5.32 Å². The molecule has 2 rings (SSSR count). The molecular formula is C28H39NO6. The molecule has 0 bridgehead atoms. The first-order valence-corrected chi connectivity index (χ1v) is 12.1. The molecular weight excluding hydrogens is 446 g/mol. The van der Waals surface area contributed by atoms with E-state index in [1.807, 2.05) is 61.5 Å². The lowest BCUT2D eigenvalue weighted by Gasteiger charge is -2.32. The minimum atomic E-state index is -0.869. The standard InChI is InChI=1S/C28H39NO6/c1-8-22(18-21-14-16-23(32-7)17-15-21)25(34-24-12-10-9-11-13-24)20(3)33-26(30)19(2)29-27(31)35-28(4,5)6/h9-17,19-20,22,25H,8,18H2,1-7H3,(H,29,31)/t19-,20-,22+,25-/m0/s1. The normalized spacial score (nSPS) is 14.7. The maximum Gasteiger partial charge on any atom is 0.408 e. The lowest BCUT2D eigenvalue weighted by atomic mass is 9.89. The van der Waals surface area contributed by atoms with Crippen molar-refractivity contribution in [3.8, 4) is 11.5 Å². The minimum Gasteiger partial charge on any atom is -0.497 e. The van der Waals surface area contributed by atoms with E-state index in [0.29, 0.717) is 5.75 Å². The van der Waals surface area contributed by atoms with Gasteiger partial charge >= 0.3 is 12.1 Å². The van der Waals surface area contributed by atoms with Crippen LogP contribution in [-0.4, -0.2) is 43.0 Å². The number of methoxy groups -OCH3 is 1. The van der Waals surface area contributed by atoms with E-state index < -0.39 is 35.9 Å². The second-order valence-corrected chi connectivity index (χ2v) is 9.63. The van der Waals surface area contributed by atoms with Crippen molar-refractivity contribution in [2.75, 3.05) is 7.11 Å². The van der Waals surface area contributed by atoms with E-state index in [0.717, 1.165) is 24.2 Å². The van der Waals surface area contributed by atoms with Crippen molar-refractivity contribution in [2.45, 2.75) is 78.2 Å². The molecule has 0 radical (unpaired) electrons. The average Bonchev–Trinajstić information content (AvgIpc) is 2.80. The van der Waals surface area contributed by atoms with Crippen LogP contribution in [0.1, 0.15) is 53.5 Å². The van der Waals surface area contributed by atoms with Crippen LogP contribution in [-0.2, 0) is 20.7 Å². The third kappa shape index (κ3) is 9.51. The van der Waals surface area contributed by atoms with Crippen molar-refractivity contribution in [1.29, 1.82) is 0 Å². The molecule has 0 heterocycles. The van der Waals surface area contributed by atoms with Crippen LogP contribution in [0.4, 0.5) is 4.79 Å². The van der Waals surface area contributed by atoms with Crippen LogP contribution in [0.15, 0.2) is 54.6 Å². The van der Waals surface area contributed by atoms with Gasteiger partial charge in [-0.05, 0) is 77.3 Å². The first-order chi connectivity index (χ1) is 16.5. The van der Waals surface area contributed by atoms with Crippen LogP contribution in [0.25, 0.3) is 0 Å². The fraction of sp³-hybridized carbons (Fsp3) is 0.500. The highest BCUT2D eigenvalue weighted by Crippen LogP contribution is 2.26. The van der Waals surface area contributed by atoms with Gasteiger partial charge in [-0.25, -0.2) is 9.59 Å². The molecule has 0 fully saturated rings. The van der Waals surface area contributed by atoms with Crippen LogP contribution in [0.3, 0.4) is 0 Å². The maximum atomic E-state index is 12.8. The van der Waals surface area contributed by atoms with Gasteiger partial charge in [-0.15, -0.1) is 0 Å². The summed E-state index contributed by atoms with van der Waals surface area (Å²) in [6, 6.07) is 16.6. The molecule has 7 nitrogen and oxygen atoms in total. The molecule has 192 valence electrons. The summed E-state index contributed by atoms with van der Waals surface area (Å²) in [4.78, 5) is 24.9. The number of hydrogen-bond donors (Lipinski definition) is 1. The Morgan fingerprint density at radius 1 is 0.943 bits per heavy atom. The zero-order valence-corrected chi connectivity index (χ0v) is 21.9. The number of para-hydroxylation sites is 1. The smallest absolute Gasteiger partial charge is 0.408 e. The van der Waals surface area contributed by atoms with Gasteiger partial charge in [-0.1, -0.05) is 37.3 Å². The van der Waals surface area contributed by atoms with Gasteiger partial charge in [0.15, 0.2) is 0 Å². The van der Waals surface area contributed by atoms with Crippen LogP contribution < -0.4 is 14.8 Å². The van der Waals surface area contributed by atoms with Crippen molar-refractivity contribution in [3.63, 3.8) is 0 Å². The number of hydrogen-bond acceptors (Lipinski definition) is 6. The summed E-state index contributed by atoms with van der Waals surface area (Å²) in [6.07, 6.45) is -0.0727. The summed E-state index contributed by atoms with van der Waals surface area (Å²) >= 11 is 0. The Kier molecular flexibility index (Phi) is 10.4. The van der Waals surface area contributed by atoms with Crippen molar-refractivity contribution < 1.29 is 28.5 Å². The number of amides is 1. The molecule has 7 heteroatoms. The average molecular weight is 486 g/mol. The van der Waals surface area contributed by atoms with Gasteiger partial charge < -0.3 is 24.3 Å². The fourth-order valence-electron chi connectivity index (χ4n) is 3.68. The topological polar surface area (TPSA) is 83.1 Å². The number of nitrogens with one attached hydrogen (secondary N) is 1. The van der Waals surface area contributed by atoms with Crippen LogP contribution in [0.5, 0.6) is 11.5 Å².